The van der Waals surface area contributed by atoms with Gasteiger partial charge in [0.05, 0.1) is 37.0 Å². The summed E-state index contributed by atoms with van der Waals surface area (Å²) in [6.45, 7) is 4.62. The minimum atomic E-state index is -0.914. The van der Waals surface area contributed by atoms with E-state index >= 15 is 0 Å². The van der Waals surface area contributed by atoms with E-state index in [1.807, 2.05) is 13.8 Å². The standard InChI is InChI=1S/C28H26ClNO6/c1-4-35-20-10-6-8-17(14-20)25-24(26(31)18-12-13-23(34-3)22(29)15-18)27(32)28(33)30(25)19-9-7-11-21(16-19)36-5-2/h6-16,25,31H,4-5H2,1-3H3/b26-24+. The predicted octanol–water partition coefficient (Wildman–Crippen LogP) is 5.77. The van der Waals surface area contributed by atoms with Crippen molar-refractivity contribution < 1.29 is 28.9 Å². The molecule has 8 heteroatoms. The average Bonchev–Trinajstić information content (AvgIpc) is 3.14. The number of anilines is 1. The van der Waals surface area contributed by atoms with Gasteiger partial charge in [-0.2, -0.15) is 0 Å². The van der Waals surface area contributed by atoms with Crippen molar-refractivity contribution in [1.29, 1.82) is 0 Å². The number of ether oxygens (including phenoxy) is 3. The third kappa shape index (κ3) is 4.75. The Balaban J connectivity index is 1.93. The van der Waals surface area contributed by atoms with Crippen LogP contribution < -0.4 is 19.1 Å². The highest BCUT2D eigenvalue weighted by molar-refractivity contribution is 6.51. The molecule has 3 aromatic carbocycles. The molecule has 1 atom stereocenters. The number of carbonyl (C=O) groups is 2. The summed E-state index contributed by atoms with van der Waals surface area (Å²) in [5, 5.41) is 11.6. The molecule has 0 aliphatic carbocycles. The molecular weight excluding hydrogens is 482 g/mol. The third-order valence-corrected chi connectivity index (χ3v) is 6.06. The minimum absolute atomic E-state index is 0.0586. The van der Waals surface area contributed by atoms with Crippen molar-refractivity contribution in [3.8, 4) is 17.2 Å². The molecule has 1 heterocycles. The van der Waals surface area contributed by atoms with Gasteiger partial charge in [0.15, 0.2) is 0 Å². The number of ketones is 1. The highest BCUT2D eigenvalue weighted by atomic mass is 35.5. The molecule has 186 valence electrons. The monoisotopic (exact) mass is 507 g/mol. The number of benzene rings is 3. The molecule has 0 spiro atoms. The highest BCUT2D eigenvalue weighted by Crippen LogP contribution is 2.44. The van der Waals surface area contributed by atoms with Crippen LogP contribution >= 0.6 is 11.6 Å². The number of aliphatic hydroxyl groups is 1. The maximum absolute atomic E-state index is 13.4. The van der Waals surface area contributed by atoms with E-state index in [0.29, 0.717) is 41.7 Å². The predicted molar refractivity (Wildman–Crippen MR) is 138 cm³/mol. The lowest BCUT2D eigenvalue weighted by Crippen LogP contribution is -2.29. The lowest BCUT2D eigenvalue weighted by Gasteiger charge is -2.26. The fourth-order valence-corrected chi connectivity index (χ4v) is 4.47. The number of amides is 1. The Bertz CT molecular complexity index is 1340. The first kappa shape index (κ1) is 25.1. The van der Waals surface area contributed by atoms with Crippen molar-refractivity contribution in [2.24, 2.45) is 0 Å². The van der Waals surface area contributed by atoms with E-state index in [1.165, 1.54) is 18.1 Å². The van der Waals surface area contributed by atoms with Crippen LogP contribution in [0.25, 0.3) is 5.76 Å². The second-order valence-electron chi connectivity index (χ2n) is 7.95. The number of carbonyl (C=O) groups excluding carboxylic acids is 2. The van der Waals surface area contributed by atoms with Crippen LogP contribution in [0.1, 0.15) is 31.0 Å². The van der Waals surface area contributed by atoms with E-state index in [9.17, 15) is 14.7 Å². The van der Waals surface area contributed by atoms with Crippen LogP contribution in [-0.4, -0.2) is 37.1 Å². The van der Waals surface area contributed by atoms with E-state index in [1.54, 1.807) is 60.7 Å². The molecule has 36 heavy (non-hydrogen) atoms. The normalized spacial score (nSPS) is 16.8. The summed E-state index contributed by atoms with van der Waals surface area (Å²) in [6.07, 6.45) is 0. The van der Waals surface area contributed by atoms with Crippen LogP contribution in [0.5, 0.6) is 17.2 Å². The Morgan fingerprint density at radius 2 is 1.61 bits per heavy atom. The van der Waals surface area contributed by atoms with Gasteiger partial charge in [-0.3, -0.25) is 14.5 Å². The summed E-state index contributed by atoms with van der Waals surface area (Å²) in [5.74, 6) is -0.364. The lowest BCUT2D eigenvalue weighted by atomic mass is 9.95. The summed E-state index contributed by atoms with van der Waals surface area (Å²) in [7, 11) is 1.48. The number of Topliss-reactive ketones (excluding diaryl/α,β-unsaturated/α-hetero) is 1. The zero-order chi connectivity index (χ0) is 25.8. The SMILES string of the molecule is CCOc1cccc(C2/C(=C(\O)c3ccc(OC)c(Cl)c3)C(=O)C(=O)N2c2cccc(OCC)c2)c1. The van der Waals surface area contributed by atoms with E-state index < -0.39 is 17.7 Å². The van der Waals surface area contributed by atoms with Gasteiger partial charge in [0.1, 0.15) is 23.0 Å². The van der Waals surface area contributed by atoms with Gasteiger partial charge in [-0.15, -0.1) is 0 Å². The van der Waals surface area contributed by atoms with E-state index in [0.717, 1.165) is 0 Å². The van der Waals surface area contributed by atoms with Crippen molar-refractivity contribution in [2.75, 3.05) is 25.2 Å². The highest BCUT2D eigenvalue weighted by Gasteiger charge is 2.47. The van der Waals surface area contributed by atoms with Crippen molar-refractivity contribution >= 4 is 34.7 Å². The van der Waals surface area contributed by atoms with Crippen LogP contribution in [-0.2, 0) is 9.59 Å². The van der Waals surface area contributed by atoms with E-state index in [2.05, 4.69) is 0 Å². The Kier molecular flexibility index (Phi) is 7.50. The second kappa shape index (κ2) is 10.7. The zero-order valence-electron chi connectivity index (χ0n) is 20.2. The van der Waals surface area contributed by atoms with Crippen molar-refractivity contribution in [3.05, 3.63) is 88.5 Å². The maximum atomic E-state index is 13.4. The molecule has 7 nitrogen and oxygen atoms in total. The maximum Gasteiger partial charge on any atom is 0.300 e. The Morgan fingerprint density at radius 3 is 2.25 bits per heavy atom. The molecule has 1 aliphatic rings. The van der Waals surface area contributed by atoms with Gasteiger partial charge < -0.3 is 19.3 Å². The van der Waals surface area contributed by atoms with E-state index in [4.69, 9.17) is 25.8 Å². The first-order valence-corrected chi connectivity index (χ1v) is 11.9. The van der Waals surface area contributed by atoms with Gasteiger partial charge in [-0.1, -0.05) is 29.8 Å². The van der Waals surface area contributed by atoms with Crippen LogP contribution in [0.4, 0.5) is 5.69 Å². The number of hydrogen-bond acceptors (Lipinski definition) is 6. The first-order valence-electron chi connectivity index (χ1n) is 11.5. The second-order valence-corrected chi connectivity index (χ2v) is 8.36. The van der Waals surface area contributed by atoms with Crippen LogP contribution in [0.3, 0.4) is 0 Å². The summed E-state index contributed by atoms with van der Waals surface area (Å²) < 4.78 is 16.5. The molecule has 4 rings (SSSR count). The largest absolute Gasteiger partial charge is 0.507 e. The van der Waals surface area contributed by atoms with Gasteiger partial charge in [-0.25, -0.2) is 0 Å². The molecule has 0 aromatic heterocycles. The molecule has 1 unspecified atom stereocenters. The van der Waals surface area contributed by atoms with Crippen molar-refractivity contribution in [2.45, 2.75) is 19.9 Å². The number of methoxy groups -OCH3 is 1. The molecule has 1 N–H and O–H groups in total. The summed E-state index contributed by atoms with van der Waals surface area (Å²) >= 11 is 6.27. The van der Waals surface area contributed by atoms with Crippen LogP contribution in [0, 0.1) is 0 Å². The Labute approximate surface area is 214 Å². The first-order chi connectivity index (χ1) is 17.4. The number of aliphatic hydroxyl groups excluding tert-OH is 1. The molecule has 0 saturated carbocycles. The zero-order valence-corrected chi connectivity index (χ0v) is 20.9. The molecule has 0 radical (unpaired) electrons. The molecule has 3 aromatic rings. The fraction of sp³-hybridized carbons (Fsp3) is 0.214. The van der Waals surface area contributed by atoms with Gasteiger partial charge in [0.2, 0.25) is 0 Å². The van der Waals surface area contributed by atoms with Crippen molar-refractivity contribution in [3.63, 3.8) is 0 Å². The fourth-order valence-electron chi connectivity index (χ4n) is 4.21. The summed E-state index contributed by atoms with van der Waals surface area (Å²) in [6, 6.07) is 17.8. The van der Waals surface area contributed by atoms with Crippen LogP contribution in [0.2, 0.25) is 5.02 Å². The number of hydrogen-bond donors (Lipinski definition) is 1. The Morgan fingerprint density at radius 1 is 0.944 bits per heavy atom. The van der Waals surface area contributed by atoms with Crippen molar-refractivity contribution in [1.82, 2.24) is 0 Å². The van der Waals surface area contributed by atoms with E-state index in [-0.39, 0.29) is 21.9 Å². The molecule has 0 bridgehead atoms. The lowest BCUT2D eigenvalue weighted by molar-refractivity contribution is -0.132. The quantitative estimate of drug-likeness (QED) is 0.236. The average molecular weight is 508 g/mol. The third-order valence-electron chi connectivity index (χ3n) is 5.76. The van der Waals surface area contributed by atoms with Gasteiger partial charge in [-0.05, 0) is 61.9 Å². The number of rotatable bonds is 8. The molecular formula is C28H26ClNO6. The smallest absolute Gasteiger partial charge is 0.300 e. The molecule has 1 fully saturated rings. The van der Waals surface area contributed by atoms with Crippen LogP contribution in [0.15, 0.2) is 72.3 Å². The van der Waals surface area contributed by atoms with Gasteiger partial charge >= 0.3 is 0 Å². The Hall–Kier alpha value is -3.97. The molecule has 1 aliphatic heterocycles. The molecule has 1 amide bonds. The minimum Gasteiger partial charge on any atom is -0.507 e. The van der Waals surface area contributed by atoms with Gasteiger partial charge in [0.25, 0.3) is 11.7 Å². The number of halogens is 1. The summed E-state index contributed by atoms with van der Waals surface area (Å²) in [4.78, 5) is 28.2. The number of nitrogens with zero attached hydrogens (tertiary/aromatic N) is 1. The summed E-state index contributed by atoms with van der Waals surface area (Å²) in [5.41, 5.74) is 1.29. The molecule has 1 saturated heterocycles. The van der Waals surface area contributed by atoms with Gasteiger partial charge in [0, 0.05) is 17.3 Å². The topological polar surface area (TPSA) is 85.3 Å².